The highest BCUT2D eigenvalue weighted by atomic mass is 16.3. The number of aliphatic hydroxyl groups is 1. The Balaban J connectivity index is 2.67. The molecule has 0 aliphatic heterocycles. The highest BCUT2D eigenvalue weighted by Gasteiger charge is 2.05. The zero-order chi connectivity index (χ0) is 12.7. The quantitative estimate of drug-likeness (QED) is 0.784. The van der Waals surface area contributed by atoms with Gasteiger partial charge in [-0.05, 0) is 38.2 Å². The minimum atomic E-state index is 0.117. The second-order valence-corrected chi connectivity index (χ2v) is 4.61. The summed E-state index contributed by atoms with van der Waals surface area (Å²) in [4.78, 5) is 4.59. The summed E-state index contributed by atoms with van der Waals surface area (Å²) >= 11 is 0. The van der Waals surface area contributed by atoms with Gasteiger partial charge in [-0.2, -0.15) is 0 Å². The highest BCUT2D eigenvalue weighted by molar-refractivity contribution is 5.47. The normalized spacial score (nSPS) is 10.9. The fourth-order valence-corrected chi connectivity index (χ4v) is 1.77. The molecule has 0 heterocycles. The van der Waals surface area contributed by atoms with Gasteiger partial charge in [0.15, 0.2) is 0 Å². The number of aliphatic hydroxyl groups excluding tert-OH is 1. The van der Waals surface area contributed by atoms with Crippen molar-refractivity contribution in [2.24, 2.45) is 0 Å². The molecule has 0 aromatic heterocycles. The maximum Gasteiger partial charge on any atom is 0.0681 e. The van der Waals surface area contributed by atoms with E-state index in [0.29, 0.717) is 0 Å². The van der Waals surface area contributed by atoms with Crippen molar-refractivity contribution >= 4 is 5.69 Å². The van der Waals surface area contributed by atoms with Crippen LogP contribution in [0.4, 0.5) is 5.69 Å². The molecular formula is C14H24N2O. The van der Waals surface area contributed by atoms with E-state index >= 15 is 0 Å². The van der Waals surface area contributed by atoms with E-state index in [0.717, 1.165) is 31.6 Å². The first-order chi connectivity index (χ1) is 8.17. The highest BCUT2D eigenvalue weighted by Crippen LogP contribution is 2.15. The minimum Gasteiger partial charge on any atom is -0.392 e. The van der Waals surface area contributed by atoms with Crippen molar-refractivity contribution in [3.05, 3.63) is 29.8 Å². The first-order valence-electron chi connectivity index (χ1n) is 6.26. The van der Waals surface area contributed by atoms with Crippen LogP contribution in [0.2, 0.25) is 0 Å². The van der Waals surface area contributed by atoms with Crippen molar-refractivity contribution in [2.75, 3.05) is 38.6 Å². The predicted molar refractivity (Wildman–Crippen MR) is 73.4 cm³/mol. The van der Waals surface area contributed by atoms with Crippen molar-refractivity contribution in [2.45, 2.75) is 20.0 Å². The molecule has 1 aromatic rings. The number of hydrogen-bond donors (Lipinski definition) is 1. The Morgan fingerprint density at radius 1 is 1.00 bits per heavy atom. The molecule has 0 saturated carbocycles. The maximum absolute atomic E-state index is 9.03. The van der Waals surface area contributed by atoms with Crippen molar-refractivity contribution in [1.29, 1.82) is 0 Å². The van der Waals surface area contributed by atoms with Crippen molar-refractivity contribution in [3.63, 3.8) is 0 Å². The number of likely N-dealkylation sites (N-methyl/N-ethyl adjacent to an activating group) is 1. The summed E-state index contributed by atoms with van der Waals surface area (Å²) in [6, 6.07) is 8.18. The van der Waals surface area contributed by atoms with E-state index in [-0.39, 0.29) is 6.61 Å². The molecule has 0 spiro atoms. The average Bonchev–Trinajstić information content (AvgIpc) is 2.34. The Hall–Kier alpha value is -1.06. The van der Waals surface area contributed by atoms with E-state index in [9.17, 15) is 0 Å². The molecule has 3 heteroatoms. The number of hydrogen-bond acceptors (Lipinski definition) is 3. The van der Waals surface area contributed by atoms with Gasteiger partial charge in [-0.15, -0.1) is 0 Å². The van der Waals surface area contributed by atoms with Gasteiger partial charge in [-0.3, -0.25) is 0 Å². The molecule has 1 aromatic carbocycles. The lowest BCUT2D eigenvalue weighted by atomic mass is 10.2. The van der Waals surface area contributed by atoms with Crippen LogP contribution in [-0.4, -0.2) is 43.7 Å². The van der Waals surface area contributed by atoms with E-state index in [1.807, 2.05) is 12.1 Å². The largest absolute Gasteiger partial charge is 0.392 e. The van der Waals surface area contributed by atoms with Crippen molar-refractivity contribution in [1.82, 2.24) is 4.90 Å². The van der Waals surface area contributed by atoms with Gasteiger partial charge < -0.3 is 14.9 Å². The van der Waals surface area contributed by atoms with Gasteiger partial charge >= 0.3 is 0 Å². The lowest BCUT2D eigenvalue weighted by molar-refractivity contribution is 0.282. The summed E-state index contributed by atoms with van der Waals surface area (Å²) < 4.78 is 0. The maximum atomic E-state index is 9.03. The summed E-state index contributed by atoms with van der Waals surface area (Å²) in [7, 11) is 4.19. The van der Waals surface area contributed by atoms with Gasteiger partial charge in [0.2, 0.25) is 0 Å². The molecule has 3 nitrogen and oxygen atoms in total. The Kier molecular flexibility index (Phi) is 6.01. The molecule has 0 unspecified atom stereocenters. The Labute approximate surface area is 105 Å². The SMILES string of the molecule is CCCN(CCN(C)C)c1ccc(CO)cc1. The molecule has 1 rings (SSSR count). The summed E-state index contributed by atoms with van der Waals surface area (Å²) in [5.74, 6) is 0. The summed E-state index contributed by atoms with van der Waals surface area (Å²) in [6.45, 7) is 5.49. The summed E-state index contributed by atoms with van der Waals surface area (Å²) in [5, 5.41) is 9.03. The number of anilines is 1. The van der Waals surface area contributed by atoms with E-state index in [2.05, 4.69) is 43.0 Å². The van der Waals surface area contributed by atoms with Gasteiger partial charge in [-0.25, -0.2) is 0 Å². The third kappa shape index (κ3) is 4.75. The van der Waals surface area contributed by atoms with Crippen LogP contribution in [-0.2, 0) is 6.61 Å². The van der Waals surface area contributed by atoms with E-state index in [1.54, 1.807) is 0 Å². The molecule has 0 amide bonds. The lowest BCUT2D eigenvalue weighted by Crippen LogP contribution is -2.32. The molecular weight excluding hydrogens is 212 g/mol. The van der Waals surface area contributed by atoms with Gasteiger partial charge in [0, 0.05) is 25.3 Å². The minimum absolute atomic E-state index is 0.117. The Bertz CT molecular complexity index is 309. The van der Waals surface area contributed by atoms with E-state index in [1.165, 1.54) is 5.69 Å². The first-order valence-corrected chi connectivity index (χ1v) is 6.26. The predicted octanol–water partition coefficient (Wildman–Crippen LogP) is 1.96. The lowest BCUT2D eigenvalue weighted by Gasteiger charge is -2.26. The number of benzene rings is 1. The van der Waals surface area contributed by atoms with Gasteiger partial charge in [0.25, 0.3) is 0 Å². The molecule has 1 N–H and O–H groups in total. The zero-order valence-corrected chi connectivity index (χ0v) is 11.2. The average molecular weight is 236 g/mol. The summed E-state index contributed by atoms with van der Waals surface area (Å²) in [5.41, 5.74) is 2.21. The van der Waals surface area contributed by atoms with Crippen LogP contribution in [0.15, 0.2) is 24.3 Å². The monoisotopic (exact) mass is 236 g/mol. The molecule has 17 heavy (non-hydrogen) atoms. The molecule has 0 aliphatic carbocycles. The first kappa shape index (κ1) is 14.0. The second-order valence-electron chi connectivity index (χ2n) is 4.61. The smallest absolute Gasteiger partial charge is 0.0681 e. The van der Waals surface area contributed by atoms with E-state index in [4.69, 9.17) is 5.11 Å². The van der Waals surface area contributed by atoms with Crippen molar-refractivity contribution < 1.29 is 5.11 Å². The van der Waals surface area contributed by atoms with Crippen LogP contribution in [0.3, 0.4) is 0 Å². The van der Waals surface area contributed by atoms with Crippen LogP contribution in [0, 0.1) is 0 Å². The Morgan fingerprint density at radius 2 is 1.65 bits per heavy atom. The fourth-order valence-electron chi connectivity index (χ4n) is 1.77. The molecule has 0 atom stereocenters. The molecule has 0 radical (unpaired) electrons. The fraction of sp³-hybridized carbons (Fsp3) is 0.571. The Morgan fingerprint density at radius 3 is 2.12 bits per heavy atom. The molecule has 0 aliphatic rings. The van der Waals surface area contributed by atoms with Crippen LogP contribution in [0.5, 0.6) is 0 Å². The van der Waals surface area contributed by atoms with Crippen LogP contribution < -0.4 is 4.90 Å². The molecule has 96 valence electrons. The van der Waals surface area contributed by atoms with Crippen LogP contribution >= 0.6 is 0 Å². The van der Waals surface area contributed by atoms with E-state index < -0.39 is 0 Å². The van der Waals surface area contributed by atoms with Gasteiger partial charge in [0.05, 0.1) is 6.61 Å². The molecule has 0 fully saturated rings. The van der Waals surface area contributed by atoms with Crippen molar-refractivity contribution in [3.8, 4) is 0 Å². The van der Waals surface area contributed by atoms with Gasteiger partial charge in [-0.1, -0.05) is 19.1 Å². The number of rotatable bonds is 7. The number of nitrogens with zero attached hydrogens (tertiary/aromatic N) is 2. The third-order valence-corrected chi connectivity index (χ3v) is 2.79. The molecule has 0 bridgehead atoms. The standard InChI is InChI=1S/C14H24N2O/c1-4-9-16(11-10-15(2)3)14-7-5-13(12-17)6-8-14/h5-8,17H,4,9-12H2,1-3H3. The molecule has 0 saturated heterocycles. The third-order valence-electron chi connectivity index (χ3n) is 2.79. The van der Waals surface area contributed by atoms with Crippen LogP contribution in [0.1, 0.15) is 18.9 Å². The van der Waals surface area contributed by atoms with Gasteiger partial charge in [0.1, 0.15) is 0 Å². The van der Waals surface area contributed by atoms with Crippen LogP contribution in [0.25, 0.3) is 0 Å². The topological polar surface area (TPSA) is 26.7 Å². The second kappa shape index (κ2) is 7.30. The zero-order valence-electron chi connectivity index (χ0n) is 11.2. The summed E-state index contributed by atoms with van der Waals surface area (Å²) in [6.07, 6.45) is 1.15.